The monoisotopic (exact) mass is 343 g/mol. The number of hydrogen-bond donors (Lipinski definition) is 3. The van der Waals surface area contributed by atoms with Crippen LogP contribution in [0.15, 0.2) is 0 Å². The molecule has 0 rings (SSSR count). The fourth-order valence-electron chi connectivity index (χ4n) is 2.94. The zero-order valence-corrected chi connectivity index (χ0v) is 16.1. The van der Waals surface area contributed by atoms with Crippen molar-refractivity contribution in [1.29, 1.82) is 0 Å². The second-order valence-corrected chi connectivity index (χ2v) is 7.00. The van der Waals surface area contributed by atoms with Gasteiger partial charge >= 0.3 is 0 Å². The van der Waals surface area contributed by atoms with Crippen LogP contribution in [0.2, 0.25) is 0 Å². The summed E-state index contributed by atoms with van der Waals surface area (Å²) < 4.78 is 0. The molecular weight excluding hydrogens is 302 g/mol. The van der Waals surface area contributed by atoms with E-state index in [1.807, 2.05) is 0 Å². The van der Waals surface area contributed by atoms with Gasteiger partial charge in [0.25, 0.3) is 0 Å². The zero-order valence-electron chi connectivity index (χ0n) is 16.1. The van der Waals surface area contributed by atoms with Crippen molar-refractivity contribution in [2.75, 3.05) is 6.61 Å². The van der Waals surface area contributed by atoms with Crippen LogP contribution in [0.5, 0.6) is 0 Å². The second kappa shape index (κ2) is 17.2. The van der Waals surface area contributed by atoms with Crippen molar-refractivity contribution in [2.45, 2.75) is 116 Å². The molecule has 0 saturated carbocycles. The number of carbonyl (C=O) groups is 1. The average Bonchev–Trinajstić information content (AvgIpc) is 2.58. The van der Waals surface area contributed by atoms with Gasteiger partial charge in [-0.1, -0.05) is 84.5 Å². The number of unbranched alkanes of at least 4 members (excludes halogenated alkanes) is 10. The normalized spacial score (nSPS) is 13.7. The summed E-state index contributed by atoms with van der Waals surface area (Å²) in [4.78, 5) is 11.9. The number of aliphatic hydroxyl groups is 2. The molecule has 2 unspecified atom stereocenters. The molecule has 2 atom stereocenters. The zero-order chi connectivity index (χ0) is 18.0. The molecule has 0 aromatic carbocycles. The van der Waals surface area contributed by atoms with E-state index in [0.29, 0.717) is 12.8 Å². The quantitative estimate of drug-likeness (QED) is 0.344. The maximum atomic E-state index is 11.9. The predicted octanol–water partition coefficient (Wildman–Crippen LogP) is 4.33. The summed E-state index contributed by atoms with van der Waals surface area (Å²) in [5, 5.41) is 22.4. The van der Waals surface area contributed by atoms with Crippen molar-refractivity contribution in [3.05, 3.63) is 0 Å². The third kappa shape index (κ3) is 13.8. The summed E-state index contributed by atoms with van der Waals surface area (Å²) in [5.41, 5.74) is 0. The lowest BCUT2D eigenvalue weighted by molar-refractivity contribution is -0.123. The molecule has 0 aliphatic heterocycles. The fourth-order valence-corrected chi connectivity index (χ4v) is 2.94. The van der Waals surface area contributed by atoms with Crippen LogP contribution in [0.1, 0.15) is 104 Å². The third-order valence-corrected chi connectivity index (χ3v) is 4.62. The number of rotatable bonds is 17. The molecule has 0 aliphatic carbocycles. The highest BCUT2D eigenvalue weighted by atomic mass is 16.3. The molecule has 0 heterocycles. The van der Waals surface area contributed by atoms with E-state index in [4.69, 9.17) is 0 Å². The summed E-state index contributed by atoms with van der Waals surface area (Å²) in [6.45, 7) is 4.20. The van der Waals surface area contributed by atoms with Gasteiger partial charge in [0, 0.05) is 6.42 Å². The molecule has 0 aromatic rings. The SMILES string of the molecule is CCCCCCCCC(=O)NC(CO)C(O)CCCCCCCC. The summed E-state index contributed by atoms with van der Waals surface area (Å²) in [7, 11) is 0. The molecule has 0 bridgehead atoms. The van der Waals surface area contributed by atoms with E-state index >= 15 is 0 Å². The molecule has 0 aromatic heterocycles. The van der Waals surface area contributed by atoms with Crippen molar-refractivity contribution in [1.82, 2.24) is 5.32 Å². The van der Waals surface area contributed by atoms with E-state index < -0.39 is 12.1 Å². The topological polar surface area (TPSA) is 69.6 Å². The Morgan fingerprint density at radius 3 is 1.88 bits per heavy atom. The molecule has 0 saturated heterocycles. The summed E-state index contributed by atoms with van der Waals surface area (Å²) in [5.74, 6) is -0.0495. The van der Waals surface area contributed by atoms with Crippen LogP contribution in [0, 0.1) is 0 Å². The Morgan fingerprint density at radius 1 is 0.833 bits per heavy atom. The van der Waals surface area contributed by atoms with Crippen molar-refractivity contribution in [3.63, 3.8) is 0 Å². The minimum atomic E-state index is -0.644. The number of hydrogen-bond acceptors (Lipinski definition) is 3. The van der Waals surface area contributed by atoms with Gasteiger partial charge in [-0.15, -0.1) is 0 Å². The lowest BCUT2D eigenvalue weighted by Gasteiger charge is -2.22. The van der Waals surface area contributed by atoms with Gasteiger partial charge in [-0.05, 0) is 12.8 Å². The number of carbonyl (C=O) groups excluding carboxylic acids is 1. The van der Waals surface area contributed by atoms with Gasteiger partial charge in [0.05, 0.1) is 18.8 Å². The molecule has 0 fully saturated rings. The van der Waals surface area contributed by atoms with E-state index in [2.05, 4.69) is 19.2 Å². The lowest BCUT2D eigenvalue weighted by Crippen LogP contribution is -2.45. The first-order chi connectivity index (χ1) is 11.7. The minimum Gasteiger partial charge on any atom is -0.394 e. The van der Waals surface area contributed by atoms with Crippen molar-refractivity contribution < 1.29 is 15.0 Å². The van der Waals surface area contributed by atoms with Crippen LogP contribution in [0.4, 0.5) is 0 Å². The Hall–Kier alpha value is -0.610. The van der Waals surface area contributed by atoms with Crippen molar-refractivity contribution >= 4 is 5.91 Å². The number of amides is 1. The van der Waals surface area contributed by atoms with E-state index in [0.717, 1.165) is 25.7 Å². The highest BCUT2D eigenvalue weighted by Crippen LogP contribution is 2.11. The molecule has 24 heavy (non-hydrogen) atoms. The molecule has 144 valence electrons. The van der Waals surface area contributed by atoms with Crippen molar-refractivity contribution in [3.8, 4) is 0 Å². The smallest absolute Gasteiger partial charge is 0.220 e. The van der Waals surface area contributed by atoms with Crippen LogP contribution in [-0.4, -0.2) is 34.9 Å². The Labute approximate surface area is 149 Å². The first-order valence-electron chi connectivity index (χ1n) is 10.2. The lowest BCUT2D eigenvalue weighted by atomic mass is 10.0. The summed E-state index contributed by atoms with van der Waals surface area (Å²) in [6.07, 6.45) is 14.4. The van der Waals surface area contributed by atoms with Crippen LogP contribution in [-0.2, 0) is 4.79 Å². The van der Waals surface area contributed by atoms with Crippen LogP contribution >= 0.6 is 0 Å². The van der Waals surface area contributed by atoms with Gasteiger partial charge in [-0.3, -0.25) is 4.79 Å². The largest absolute Gasteiger partial charge is 0.394 e. The molecule has 1 amide bonds. The Morgan fingerprint density at radius 2 is 1.33 bits per heavy atom. The average molecular weight is 344 g/mol. The van der Waals surface area contributed by atoms with E-state index in [1.165, 1.54) is 51.4 Å². The molecule has 3 N–H and O–H groups in total. The molecule has 0 spiro atoms. The van der Waals surface area contributed by atoms with Crippen LogP contribution in [0.3, 0.4) is 0 Å². The molecule has 4 heteroatoms. The highest BCUT2D eigenvalue weighted by Gasteiger charge is 2.19. The standard InChI is InChI=1S/C20H41NO3/c1-3-5-7-9-11-13-15-19(23)18(17-22)21-20(24)16-14-12-10-8-6-4-2/h18-19,22-23H,3-17H2,1-2H3,(H,21,24). The fraction of sp³-hybridized carbons (Fsp3) is 0.950. The second-order valence-electron chi connectivity index (χ2n) is 7.00. The summed E-state index contributed by atoms with van der Waals surface area (Å²) in [6, 6.07) is -0.520. The summed E-state index contributed by atoms with van der Waals surface area (Å²) >= 11 is 0. The van der Waals surface area contributed by atoms with E-state index in [1.54, 1.807) is 0 Å². The first-order valence-corrected chi connectivity index (χ1v) is 10.2. The maximum Gasteiger partial charge on any atom is 0.220 e. The van der Waals surface area contributed by atoms with Gasteiger partial charge in [-0.25, -0.2) is 0 Å². The van der Waals surface area contributed by atoms with Gasteiger partial charge in [-0.2, -0.15) is 0 Å². The van der Waals surface area contributed by atoms with Crippen LogP contribution in [0.25, 0.3) is 0 Å². The van der Waals surface area contributed by atoms with Gasteiger partial charge in [0.2, 0.25) is 5.91 Å². The predicted molar refractivity (Wildman–Crippen MR) is 101 cm³/mol. The third-order valence-electron chi connectivity index (χ3n) is 4.62. The molecular formula is C20H41NO3. The number of nitrogens with one attached hydrogen (secondary N) is 1. The van der Waals surface area contributed by atoms with E-state index in [9.17, 15) is 15.0 Å². The molecule has 0 aliphatic rings. The van der Waals surface area contributed by atoms with Gasteiger partial charge in [0.15, 0.2) is 0 Å². The highest BCUT2D eigenvalue weighted by molar-refractivity contribution is 5.76. The minimum absolute atomic E-state index is 0.0495. The first kappa shape index (κ1) is 23.4. The molecule has 0 radical (unpaired) electrons. The van der Waals surface area contributed by atoms with Gasteiger partial charge < -0.3 is 15.5 Å². The van der Waals surface area contributed by atoms with Gasteiger partial charge in [0.1, 0.15) is 0 Å². The maximum absolute atomic E-state index is 11.9. The number of aliphatic hydroxyl groups excluding tert-OH is 2. The van der Waals surface area contributed by atoms with Crippen molar-refractivity contribution in [2.24, 2.45) is 0 Å². The Bertz CT molecular complexity index is 284. The Kier molecular flexibility index (Phi) is 16.8. The van der Waals surface area contributed by atoms with E-state index in [-0.39, 0.29) is 12.5 Å². The molecule has 4 nitrogen and oxygen atoms in total. The Balaban J connectivity index is 3.75. The van der Waals surface area contributed by atoms with Crippen LogP contribution < -0.4 is 5.32 Å².